The van der Waals surface area contributed by atoms with Gasteiger partial charge < -0.3 is 10.1 Å². The van der Waals surface area contributed by atoms with E-state index in [4.69, 9.17) is 4.74 Å². The van der Waals surface area contributed by atoms with Gasteiger partial charge in [-0.1, -0.05) is 12.1 Å². The summed E-state index contributed by atoms with van der Waals surface area (Å²) in [6, 6.07) is 10.3. The fourth-order valence-corrected chi connectivity index (χ4v) is 1.74. The van der Waals surface area contributed by atoms with Gasteiger partial charge in [0.25, 0.3) is 5.91 Å². The Hall–Kier alpha value is -2.69. The fraction of sp³-hybridized carbons (Fsp3) is 0.188. The number of ketones is 1. The molecule has 0 unspecified atom stereocenters. The van der Waals surface area contributed by atoms with E-state index in [9.17, 15) is 9.59 Å². The molecule has 1 aromatic heterocycles. The molecule has 5 nitrogen and oxygen atoms in total. The van der Waals surface area contributed by atoms with Crippen LogP contribution in [0.25, 0.3) is 0 Å². The van der Waals surface area contributed by atoms with Crippen LogP contribution >= 0.6 is 0 Å². The number of pyridine rings is 1. The Bertz CT molecular complexity index is 668. The fourth-order valence-electron chi connectivity index (χ4n) is 1.74. The van der Waals surface area contributed by atoms with Crippen LogP contribution in [-0.2, 0) is 4.79 Å². The third-order valence-electron chi connectivity index (χ3n) is 2.79. The summed E-state index contributed by atoms with van der Waals surface area (Å²) in [6.07, 6.45) is 1.63. The van der Waals surface area contributed by atoms with E-state index in [0.29, 0.717) is 17.1 Å². The summed E-state index contributed by atoms with van der Waals surface area (Å²) in [7, 11) is 0. The molecule has 0 aliphatic rings. The molecular formula is C16H16N2O3. The van der Waals surface area contributed by atoms with Crippen LogP contribution in [0.5, 0.6) is 5.75 Å². The van der Waals surface area contributed by atoms with Crippen molar-refractivity contribution in [2.45, 2.75) is 13.8 Å². The molecule has 1 N–H and O–H groups in total. The molecule has 0 radical (unpaired) electrons. The van der Waals surface area contributed by atoms with Gasteiger partial charge in [-0.3, -0.25) is 9.59 Å². The van der Waals surface area contributed by atoms with Crippen LogP contribution in [0.4, 0.5) is 5.82 Å². The summed E-state index contributed by atoms with van der Waals surface area (Å²) in [6.45, 7) is 3.26. The summed E-state index contributed by atoms with van der Waals surface area (Å²) < 4.78 is 5.37. The zero-order valence-electron chi connectivity index (χ0n) is 11.9. The summed E-state index contributed by atoms with van der Waals surface area (Å²) in [4.78, 5) is 27.1. The molecule has 5 heteroatoms. The molecule has 2 aromatic rings. The predicted octanol–water partition coefficient (Wildman–Crippen LogP) is 2.61. The number of hydrogen-bond acceptors (Lipinski definition) is 4. The SMILES string of the molecule is CC(=O)c1cccc(OCC(=O)Nc2cc(C)ccn2)c1. The first kappa shape index (κ1) is 14.7. The molecule has 0 aliphatic carbocycles. The van der Waals surface area contributed by atoms with E-state index < -0.39 is 0 Å². The number of rotatable bonds is 5. The minimum atomic E-state index is -0.304. The van der Waals surface area contributed by atoms with Crippen molar-refractivity contribution in [3.05, 3.63) is 53.7 Å². The highest BCUT2D eigenvalue weighted by molar-refractivity contribution is 5.94. The van der Waals surface area contributed by atoms with Crippen molar-refractivity contribution in [1.82, 2.24) is 4.98 Å². The number of Topliss-reactive ketones (excluding diaryl/α,β-unsaturated/α-hetero) is 1. The average Bonchev–Trinajstić information content (AvgIpc) is 2.45. The maximum absolute atomic E-state index is 11.8. The molecule has 0 aliphatic heterocycles. The van der Waals surface area contributed by atoms with Crippen LogP contribution in [0.3, 0.4) is 0 Å². The van der Waals surface area contributed by atoms with Crippen molar-refractivity contribution in [3.63, 3.8) is 0 Å². The molecule has 1 heterocycles. The number of carbonyl (C=O) groups is 2. The second-order valence-electron chi connectivity index (χ2n) is 4.64. The van der Waals surface area contributed by atoms with Crippen LogP contribution in [0.1, 0.15) is 22.8 Å². The van der Waals surface area contributed by atoms with Crippen molar-refractivity contribution in [1.29, 1.82) is 0 Å². The molecule has 0 atom stereocenters. The third-order valence-corrected chi connectivity index (χ3v) is 2.79. The first-order chi connectivity index (χ1) is 10.0. The number of nitrogens with zero attached hydrogens (tertiary/aromatic N) is 1. The third kappa shape index (κ3) is 4.42. The van der Waals surface area contributed by atoms with E-state index in [1.54, 1.807) is 36.5 Å². The van der Waals surface area contributed by atoms with E-state index in [0.717, 1.165) is 5.56 Å². The molecule has 0 saturated carbocycles. The van der Waals surface area contributed by atoms with Gasteiger partial charge in [0.1, 0.15) is 11.6 Å². The molecular weight excluding hydrogens is 268 g/mol. The minimum absolute atomic E-state index is 0.0473. The van der Waals surface area contributed by atoms with Gasteiger partial charge >= 0.3 is 0 Å². The molecule has 1 aromatic carbocycles. The Morgan fingerprint density at radius 3 is 2.76 bits per heavy atom. The molecule has 108 valence electrons. The Morgan fingerprint density at radius 1 is 1.24 bits per heavy atom. The van der Waals surface area contributed by atoms with Crippen molar-refractivity contribution in [2.24, 2.45) is 0 Å². The van der Waals surface area contributed by atoms with E-state index in [1.807, 2.05) is 13.0 Å². The molecule has 0 spiro atoms. The largest absolute Gasteiger partial charge is 0.484 e. The highest BCUT2D eigenvalue weighted by Gasteiger charge is 2.06. The smallest absolute Gasteiger partial charge is 0.263 e. The number of benzene rings is 1. The Kier molecular flexibility index (Phi) is 4.66. The Morgan fingerprint density at radius 2 is 2.05 bits per heavy atom. The second-order valence-corrected chi connectivity index (χ2v) is 4.64. The van der Waals surface area contributed by atoms with Crippen molar-refractivity contribution in [2.75, 3.05) is 11.9 Å². The summed E-state index contributed by atoms with van der Waals surface area (Å²) in [5.74, 6) is 0.617. The van der Waals surface area contributed by atoms with Gasteiger partial charge in [-0.2, -0.15) is 0 Å². The molecule has 0 saturated heterocycles. The topological polar surface area (TPSA) is 68.3 Å². The van der Waals surface area contributed by atoms with Crippen LogP contribution < -0.4 is 10.1 Å². The molecule has 21 heavy (non-hydrogen) atoms. The normalized spacial score (nSPS) is 10.0. The zero-order valence-corrected chi connectivity index (χ0v) is 11.9. The van der Waals surface area contributed by atoms with Gasteiger partial charge in [0, 0.05) is 11.8 Å². The number of amides is 1. The molecule has 2 rings (SSSR count). The van der Waals surface area contributed by atoms with Crippen LogP contribution in [0, 0.1) is 6.92 Å². The minimum Gasteiger partial charge on any atom is -0.484 e. The van der Waals surface area contributed by atoms with E-state index in [2.05, 4.69) is 10.3 Å². The number of carbonyl (C=O) groups excluding carboxylic acids is 2. The number of aryl methyl sites for hydroxylation is 1. The molecule has 0 fully saturated rings. The number of aromatic nitrogens is 1. The summed E-state index contributed by atoms with van der Waals surface area (Å²) in [5, 5.41) is 2.65. The second kappa shape index (κ2) is 6.65. The van der Waals surface area contributed by atoms with Crippen LogP contribution in [0.2, 0.25) is 0 Å². The molecule has 0 bridgehead atoms. The lowest BCUT2D eigenvalue weighted by molar-refractivity contribution is -0.118. The Balaban J connectivity index is 1.92. The van der Waals surface area contributed by atoms with Gasteiger partial charge in [0.05, 0.1) is 0 Å². The number of hydrogen-bond donors (Lipinski definition) is 1. The van der Waals surface area contributed by atoms with Gasteiger partial charge in [0.15, 0.2) is 12.4 Å². The van der Waals surface area contributed by atoms with E-state index >= 15 is 0 Å². The summed E-state index contributed by atoms with van der Waals surface area (Å²) >= 11 is 0. The lowest BCUT2D eigenvalue weighted by Gasteiger charge is -2.08. The highest BCUT2D eigenvalue weighted by Crippen LogP contribution is 2.14. The van der Waals surface area contributed by atoms with Crippen molar-refractivity contribution < 1.29 is 14.3 Å². The number of anilines is 1. The highest BCUT2D eigenvalue weighted by atomic mass is 16.5. The first-order valence-corrected chi connectivity index (χ1v) is 6.51. The lowest BCUT2D eigenvalue weighted by Crippen LogP contribution is -2.20. The van der Waals surface area contributed by atoms with Gasteiger partial charge in [-0.15, -0.1) is 0 Å². The summed E-state index contributed by atoms with van der Waals surface area (Å²) in [5.41, 5.74) is 1.56. The maximum atomic E-state index is 11.8. The van der Waals surface area contributed by atoms with Crippen molar-refractivity contribution in [3.8, 4) is 5.75 Å². The van der Waals surface area contributed by atoms with Crippen LogP contribution in [-0.4, -0.2) is 23.3 Å². The maximum Gasteiger partial charge on any atom is 0.263 e. The van der Waals surface area contributed by atoms with Gasteiger partial charge in [0.2, 0.25) is 0 Å². The first-order valence-electron chi connectivity index (χ1n) is 6.51. The average molecular weight is 284 g/mol. The number of nitrogens with one attached hydrogen (secondary N) is 1. The Labute approximate surface area is 123 Å². The van der Waals surface area contributed by atoms with Crippen LogP contribution in [0.15, 0.2) is 42.6 Å². The quantitative estimate of drug-likeness (QED) is 0.857. The van der Waals surface area contributed by atoms with Crippen molar-refractivity contribution >= 4 is 17.5 Å². The lowest BCUT2D eigenvalue weighted by atomic mass is 10.1. The van der Waals surface area contributed by atoms with Gasteiger partial charge in [-0.25, -0.2) is 4.98 Å². The standard InChI is InChI=1S/C16H16N2O3/c1-11-6-7-17-15(8-11)18-16(20)10-21-14-5-3-4-13(9-14)12(2)19/h3-9H,10H2,1-2H3,(H,17,18,20). The molecule has 1 amide bonds. The van der Waals surface area contributed by atoms with Gasteiger partial charge in [-0.05, 0) is 43.7 Å². The van der Waals surface area contributed by atoms with E-state index in [-0.39, 0.29) is 18.3 Å². The number of ether oxygens (including phenoxy) is 1. The monoisotopic (exact) mass is 284 g/mol. The van der Waals surface area contributed by atoms with E-state index in [1.165, 1.54) is 6.92 Å². The predicted molar refractivity (Wildman–Crippen MR) is 79.5 cm³/mol. The zero-order chi connectivity index (χ0) is 15.2.